The third-order valence-electron chi connectivity index (χ3n) is 4.31. The lowest BCUT2D eigenvalue weighted by Gasteiger charge is -2.13. The van der Waals surface area contributed by atoms with Gasteiger partial charge in [0.2, 0.25) is 0 Å². The number of ether oxygens (including phenoxy) is 1. The van der Waals surface area contributed by atoms with Gasteiger partial charge in [-0.1, -0.05) is 18.5 Å². The van der Waals surface area contributed by atoms with E-state index in [0.29, 0.717) is 0 Å². The predicted molar refractivity (Wildman–Crippen MR) is 96.2 cm³/mol. The van der Waals surface area contributed by atoms with Crippen molar-refractivity contribution in [2.45, 2.75) is 12.8 Å². The number of hydrogen-bond donors (Lipinski definition) is 1. The molecular formula is C17H18BN5O. The zero-order chi connectivity index (χ0) is 16.7. The molecule has 2 aromatic heterocycles. The number of aromatic nitrogens is 4. The van der Waals surface area contributed by atoms with Crippen LogP contribution in [0.15, 0.2) is 36.7 Å². The minimum absolute atomic E-state index is 0.238. The van der Waals surface area contributed by atoms with Gasteiger partial charge in [-0.05, 0) is 12.1 Å². The quantitative estimate of drug-likeness (QED) is 0.717. The monoisotopic (exact) mass is 319 g/mol. The van der Waals surface area contributed by atoms with Gasteiger partial charge in [0, 0.05) is 36.5 Å². The molecule has 3 heterocycles. The lowest BCUT2D eigenvalue weighted by molar-refractivity contribution is 0.415. The first-order chi connectivity index (χ1) is 11.7. The molecule has 120 valence electrons. The van der Waals surface area contributed by atoms with Crippen LogP contribution >= 0.6 is 0 Å². The second-order valence-corrected chi connectivity index (χ2v) is 6.13. The van der Waals surface area contributed by atoms with E-state index in [-0.39, 0.29) is 5.92 Å². The Kier molecular flexibility index (Phi) is 3.48. The van der Waals surface area contributed by atoms with Crippen LogP contribution in [0.5, 0.6) is 5.75 Å². The van der Waals surface area contributed by atoms with Crippen molar-refractivity contribution < 1.29 is 4.74 Å². The number of nitrogens with one attached hydrogen (secondary N) is 1. The summed E-state index contributed by atoms with van der Waals surface area (Å²) in [5.41, 5.74) is 4.10. The summed E-state index contributed by atoms with van der Waals surface area (Å²) in [5, 5.41) is 12.4. The lowest BCUT2D eigenvalue weighted by Crippen LogP contribution is -2.09. The largest absolute Gasteiger partial charge is 0.497 e. The Labute approximate surface area is 141 Å². The summed E-state index contributed by atoms with van der Waals surface area (Å²) >= 11 is 0. The maximum atomic E-state index is 5.36. The van der Waals surface area contributed by atoms with E-state index in [0.717, 1.165) is 46.3 Å². The average Bonchev–Trinajstić information content (AvgIpc) is 2.99. The smallest absolute Gasteiger partial charge is 0.170 e. The van der Waals surface area contributed by atoms with E-state index in [1.807, 2.05) is 38.4 Å². The molecule has 0 saturated carbocycles. The number of hydrogen-bond acceptors (Lipinski definition) is 5. The summed E-state index contributed by atoms with van der Waals surface area (Å²) in [7, 11) is 3.70. The first kappa shape index (κ1) is 14.7. The third-order valence-corrected chi connectivity index (χ3v) is 4.31. The Balaban J connectivity index is 1.96. The number of pyridine rings is 1. The van der Waals surface area contributed by atoms with Gasteiger partial charge in [-0.2, -0.15) is 0 Å². The van der Waals surface area contributed by atoms with Gasteiger partial charge < -0.3 is 10.1 Å². The van der Waals surface area contributed by atoms with Gasteiger partial charge in [-0.3, -0.25) is 9.55 Å². The molecule has 3 aromatic rings. The van der Waals surface area contributed by atoms with E-state index in [4.69, 9.17) is 4.74 Å². The number of fused-ring (bicyclic) bond motifs is 3. The third kappa shape index (κ3) is 2.33. The summed E-state index contributed by atoms with van der Waals surface area (Å²) in [4.78, 5) is 4.30. The van der Waals surface area contributed by atoms with Crippen LogP contribution in [-0.2, 0) is 0 Å². The van der Waals surface area contributed by atoms with Crippen LogP contribution in [-0.4, -0.2) is 41.2 Å². The van der Waals surface area contributed by atoms with Crippen LogP contribution in [0.25, 0.3) is 17.1 Å². The van der Waals surface area contributed by atoms with Crippen LogP contribution in [0.4, 0.5) is 5.69 Å². The van der Waals surface area contributed by atoms with Crippen LogP contribution in [0, 0.1) is 0 Å². The van der Waals surface area contributed by atoms with E-state index in [2.05, 4.69) is 38.1 Å². The summed E-state index contributed by atoms with van der Waals surface area (Å²) in [5.74, 6) is 2.82. The predicted octanol–water partition coefficient (Wildman–Crippen LogP) is 1.13. The molecule has 0 amide bonds. The molecule has 1 unspecified atom stereocenters. The second-order valence-electron chi connectivity index (χ2n) is 6.13. The van der Waals surface area contributed by atoms with Gasteiger partial charge in [0.15, 0.2) is 5.82 Å². The number of rotatable bonds is 2. The molecule has 1 aliphatic rings. The molecule has 24 heavy (non-hydrogen) atoms. The highest BCUT2D eigenvalue weighted by Gasteiger charge is 2.25. The summed E-state index contributed by atoms with van der Waals surface area (Å²) < 4.78 is 7.48. The first-order valence-electron chi connectivity index (χ1n) is 7.97. The van der Waals surface area contributed by atoms with Crippen LogP contribution < -0.4 is 15.5 Å². The molecule has 0 spiro atoms. The van der Waals surface area contributed by atoms with Crippen molar-refractivity contribution in [2.75, 3.05) is 19.0 Å². The molecule has 7 heteroatoms. The van der Waals surface area contributed by atoms with Crippen molar-refractivity contribution in [1.82, 2.24) is 19.7 Å². The van der Waals surface area contributed by atoms with E-state index < -0.39 is 0 Å². The van der Waals surface area contributed by atoms with Crippen molar-refractivity contribution in [2.24, 2.45) is 0 Å². The van der Waals surface area contributed by atoms with Crippen LogP contribution in [0.1, 0.15) is 18.7 Å². The fourth-order valence-electron chi connectivity index (χ4n) is 3.05. The molecule has 0 fully saturated rings. The van der Waals surface area contributed by atoms with E-state index >= 15 is 0 Å². The molecule has 1 N–H and O–H groups in total. The SMILES string of the molecule is Bc1cncc(-c2nnc3n2-c2ccc(OC)cc2NCC3C)c1. The fourth-order valence-corrected chi connectivity index (χ4v) is 3.05. The normalized spacial score (nSPS) is 15.8. The van der Waals surface area contributed by atoms with Crippen molar-refractivity contribution >= 4 is 19.0 Å². The average molecular weight is 319 g/mol. The van der Waals surface area contributed by atoms with Crippen molar-refractivity contribution in [3.05, 3.63) is 42.5 Å². The Morgan fingerprint density at radius 2 is 2.12 bits per heavy atom. The minimum Gasteiger partial charge on any atom is -0.497 e. The number of methoxy groups -OCH3 is 1. The number of benzene rings is 1. The maximum absolute atomic E-state index is 5.36. The minimum atomic E-state index is 0.238. The van der Waals surface area contributed by atoms with Gasteiger partial charge in [-0.15, -0.1) is 10.2 Å². The fraction of sp³-hybridized carbons (Fsp3) is 0.235. The lowest BCUT2D eigenvalue weighted by atomic mass is 9.97. The van der Waals surface area contributed by atoms with Gasteiger partial charge in [0.05, 0.1) is 18.5 Å². The van der Waals surface area contributed by atoms with Crippen LogP contribution in [0.2, 0.25) is 0 Å². The van der Waals surface area contributed by atoms with Crippen molar-refractivity contribution in [3.8, 4) is 22.8 Å². The highest BCUT2D eigenvalue weighted by molar-refractivity contribution is 6.32. The maximum Gasteiger partial charge on any atom is 0.170 e. The zero-order valence-corrected chi connectivity index (χ0v) is 13.9. The van der Waals surface area contributed by atoms with Gasteiger partial charge >= 0.3 is 0 Å². The van der Waals surface area contributed by atoms with Crippen molar-refractivity contribution in [3.63, 3.8) is 0 Å². The number of anilines is 1. The molecule has 1 atom stereocenters. The Hall–Kier alpha value is -2.83. The van der Waals surface area contributed by atoms with Gasteiger partial charge in [0.25, 0.3) is 0 Å². The molecule has 1 aliphatic heterocycles. The molecule has 6 nitrogen and oxygen atoms in total. The molecular weight excluding hydrogens is 301 g/mol. The van der Waals surface area contributed by atoms with Gasteiger partial charge in [0.1, 0.15) is 19.4 Å². The summed E-state index contributed by atoms with van der Waals surface area (Å²) in [6.07, 6.45) is 3.67. The summed E-state index contributed by atoms with van der Waals surface area (Å²) in [6.45, 7) is 2.94. The van der Waals surface area contributed by atoms with E-state index in [1.165, 1.54) is 0 Å². The first-order valence-corrected chi connectivity index (χ1v) is 7.97. The van der Waals surface area contributed by atoms with Crippen LogP contribution in [0.3, 0.4) is 0 Å². The van der Waals surface area contributed by atoms with E-state index in [9.17, 15) is 0 Å². The molecule has 0 saturated heterocycles. The Morgan fingerprint density at radius 3 is 2.92 bits per heavy atom. The molecule has 0 radical (unpaired) electrons. The molecule has 4 rings (SSSR count). The van der Waals surface area contributed by atoms with Crippen molar-refractivity contribution in [1.29, 1.82) is 0 Å². The Bertz CT molecular complexity index is 908. The topological polar surface area (TPSA) is 64.9 Å². The van der Waals surface area contributed by atoms with Gasteiger partial charge in [-0.25, -0.2) is 0 Å². The van der Waals surface area contributed by atoms with E-state index in [1.54, 1.807) is 7.11 Å². The second kappa shape index (κ2) is 5.67. The highest BCUT2D eigenvalue weighted by atomic mass is 16.5. The molecule has 0 bridgehead atoms. The highest BCUT2D eigenvalue weighted by Crippen LogP contribution is 2.34. The summed E-state index contributed by atoms with van der Waals surface area (Å²) in [6, 6.07) is 8.09. The molecule has 0 aliphatic carbocycles. The number of nitrogens with zero attached hydrogens (tertiary/aromatic N) is 4. The standard InChI is InChI=1S/C17H18BN5O/c1-10-7-20-14-6-13(24-2)3-4-15(14)23-16(10)21-22-17(23)11-5-12(18)9-19-8-11/h3-6,8-10,20H,7,18H2,1-2H3. The zero-order valence-electron chi connectivity index (χ0n) is 13.9. The molecule has 1 aromatic carbocycles. The Morgan fingerprint density at radius 1 is 1.25 bits per heavy atom.